The highest BCUT2D eigenvalue weighted by molar-refractivity contribution is 5.79. The Hall–Kier alpha value is -1.64. The molecule has 0 saturated heterocycles. The fraction of sp³-hybridized carbons (Fsp3) is 0.111. The summed E-state index contributed by atoms with van der Waals surface area (Å²) in [6, 6.07) is 7.60. The van der Waals surface area contributed by atoms with Crippen molar-refractivity contribution < 1.29 is 4.74 Å². The Labute approximate surface area is 70.0 Å². The van der Waals surface area contributed by atoms with E-state index >= 15 is 0 Å². The summed E-state index contributed by atoms with van der Waals surface area (Å²) in [5.41, 5.74) is 0.887. The van der Waals surface area contributed by atoms with Gasteiger partial charge < -0.3 is 4.74 Å². The number of fused-ring (bicyclic) bond motifs is 1. The maximum atomic E-state index is 5.07. The maximum absolute atomic E-state index is 5.07. The van der Waals surface area contributed by atoms with Gasteiger partial charge in [-0.2, -0.15) is 10.2 Å². The summed E-state index contributed by atoms with van der Waals surface area (Å²) >= 11 is 0. The lowest BCUT2D eigenvalue weighted by Gasteiger charge is -1.99. The number of aromatic nitrogens is 2. The Morgan fingerprint density at radius 1 is 1.25 bits per heavy atom. The second-order valence-electron chi connectivity index (χ2n) is 2.46. The largest absolute Gasteiger partial charge is 0.497 e. The Bertz CT molecular complexity index is 400. The van der Waals surface area contributed by atoms with Crippen LogP contribution >= 0.6 is 0 Å². The topological polar surface area (TPSA) is 35.0 Å². The molecule has 12 heavy (non-hydrogen) atoms. The normalized spacial score (nSPS) is 10.1. The van der Waals surface area contributed by atoms with Gasteiger partial charge in [0.15, 0.2) is 0 Å². The lowest BCUT2D eigenvalue weighted by molar-refractivity contribution is 0.415. The molecule has 0 N–H and O–H groups in total. The predicted octanol–water partition coefficient (Wildman–Crippen LogP) is 1.64. The standard InChI is InChI=1S/C9H8N2O/c1-12-8-2-3-9-7(6-8)4-5-10-11-9/h2-6H,1H3. The van der Waals surface area contributed by atoms with Gasteiger partial charge in [-0.05, 0) is 24.3 Å². The maximum Gasteiger partial charge on any atom is 0.119 e. The number of ether oxygens (including phenoxy) is 1. The van der Waals surface area contributed by atoms with Crippen LogP contribution in [0.15, 0.2) is 30.5 Å². The van der Waals surface area contributed by atoms with Gasteiger partial charge in [-0.15, -0.1) is 0 Å². The molecule has 3 nitrogen and oxygen atoms in total. The molecule has 0 spiro atoms. The van der Waals surface area contributed by atoms with Crippen LogP contribution in [-0.4, -0.2) is 17.3 Å². The van der Waals surface area contributed by atoms with Gasteiger partial charge in [-0.3, -0.25) is 0 Å². The van der Waals surface area contributed by atoms with E-state index in [1.807, 2.05) is 24.3 Å². The molecule has 2 aromatic rings. The first kappa shape index (κ1) is 7.03. The molecule has 1 aromatic heterocycles. The molecular weight excluding hydrogens is 152 g/mol. The Kier molecular flexibility index (Phi) is 1.63. The average Bonchev–Trinajstić information content (AvgIpc) is 2.17. The van der Waals surface area contributed by atoms with Crippen molar-refractivity contribution in [1.82, 2.24) is 10.2 Å². The van der Waals surface area contributed by atoms with Gasteiger partial charge in [0, 0.05) is 5.39 Å². The molecule has 0 unspecified atom stereocenters. The van der Waals surface area contributed by atoms with Crippen LogP contribution in [0, 0.1) is 0 Å². The van der Waals surface area contributed by atoms with Gasteiger partial charge in [0.25, 0.3) is 0 Å². The molecule has 1 aromatic carbocycles. The minimum Gasteiger partial charge on any atom is -0.497 e. The van der Waals surface area contributed by atoms with E-state index in [2.05, 4.69) is 10.2 Å². The van der Waals surface area contributed by atoms with E-state index in [1.165, 1.54) is 0 Å². The first-order valence-electron chi connectivity index (χ1n) is 3.65. The van der Waals surface area contributed by atoms with Gasteiger partial charge in [-0.1, -0.05) is 0 Å². The van der Waals surface area contributed by atoms with E-state index in [0.717, 1.165) is 16.7 Å². The zero-order valence-corrected chi connectivity index (χ0v) is 6.69. The lowest BCUT2D eigenvalue weighted by atomic mass is 10.2. The van der Waals surface area contributed by atoms with E-state index in [-0.39, 0.29) is 0 Å². The average molecular weight is 160 g/mol. The van der Waals surface area contributed by atoms with Crippen LogP contribution < -0.4 is 4.74 Å². The zero-order chi connectivity index (χ0) is 8.39. The molecule has 0 bridgehead atoms. The van der Waals surface area contributed by atoms with Crippen molar-refractivity contribution in [1.29, 1.82) is 0 Å². The molecule has 0 fully saturated rings. The van der Waals surface area contributed by atoms with Crippen molar-refractivity contribution in [2.45, 2.75) is 0 Å². The molecule has 0 aliphatic rings. The van der Waals surface area contributed by atoms with Crippen LogP contribution in [0.2, 0.25) is 0 Å². The van der Waals surface area contributed by atoms with Crippen molar-refractivity contribution >= 4 is 10.9 Å². The second-order valence-corrected chi connectivity index (χ2v) is 2.46. The van der Waals surface area contributed by atoms with E-state index in [0.29, 0.717) is 0 Å². The molecule has 3 heteroatoms. The van der Waals surface area contributed by atoms with Crippen LogP contribution in [0.1, 0.15) is 0 Å². The fourth-order valence-electron chi connectivity index (χ4n) is 1.09. The van der Waals surface area contributed by atoms with Gasteiger partial charge in [0.1, 0.15) is 5.75 Å². The quantitative estimate of drug-likeness (QED) is 0.636. The van der Waals surface area contributed by atoms with Gasteiger partial charge >= 0.3 is 0 Å². The third-order valence-corrected chi connectivity index (χ3v) is 1.72. The number of methoxy groups -OCH3 is 1. The van der Waals surface area contributed by atoms with Crippen LogP contribution in [0.25, 0.3) is 10.9 Å². The molecule has 0 aliphatic carbocycles. The smallest absolute Gasteiger partial charge is 0.119 e. The van der Waals surface area contributed by atoms with E-state index < -0.39 is 0 Å². The van der Waals surface area contributed by atoms with Crippen LogP contribution in [0.4, 0.5) is 0 Å². The number of hydrogen-bond acceptors (Lipinski definition) is 3. The van der Waals surface area contributed by atoms with Gasteiger partial charge in [0.2, 0.25) is 0 Å². The Morgan fingerprint density at radius 3 is 3.00 bits per heavy atom. The number of nitrogens with zero attached hydrogens (tertiary/aromatic N) is 2. The lowest BCUT2D eigenvalue weighted by Crippen LogP contribution is -1.85. The van der Waals surface area contributed by atoms with Gasteiger partial charge in [-0.25, -0.2) is 0 Å². The number of hydrogen-bond donors (Lipinski definition) is 0. The number of benzene rings is 1. The zero-order valence-electron chi connectivity index (χ0n) is 6.69. The van der Waals surface area contributed by atoms with Gasteiger partial charge in [0.05, 0.1) is 18.8 Å². The molecule has 0 radical (unpaired) electrons. The molecule has 0 aliphatic heterocycles. The summed E-state index contributed by atoms with van der Waals surface area (Å²) in [4.78, 5) is 0. The molecule has 0 atom stereocenters. The van der Waals surface area contributed by atoms with Crippen molar-refractivity contribution in [2.75, 3.05) is 7.11 Å². The summed E-state index contributed by atoms with van der Waals surface area (Å²) in [6.07, 6.45) is 1.67. The second kappa shape index (κ2) is 2.77. The summed E-state index contributed by atoms with van der Waals surface area (Å²) in [5, 5.41) is 8.77. The monoisotopic (exact) mass is 160 g/mol. The summed E-state index contributed by atoms with van der Waals surface area (Å²) in [7, 11) is 1.65. The van der Waals surface area contributed by atoms with Crippen LogP contribution in [0.3, 0.4) is 0 Å². The van der Waals surface area contributed by atoms with Crippen molar-refractivity contribution in [3.63, 3.8) is 0 Å². The van der Waals surface area contributed by atoms with Crippen molar-refractivity contribution in [3.05, 3.63) is 30.5 Å². The highest BCUT2D eigenvalue weighted by Gasteiger charge is 1.95. The minimum atomic E-state index is 0.843. The van der Waals surface area contributed by atoms with E-state index in [1.54, 1.807) is 13.3 Å². The molecule has 2 rings (SSSR count). The summed E-state index contributed by atoms with van der Waals surface area (Å²) in [6.45, 7) is 0. The first-order chi connectivity index (χ1) is 5.90. The van der Waals surface area contributed by atoms with Crippen molar-refractivity contribution in [3.8, 4) is 5.75 Å². The van der Waals surface area contributed by atoms with Crippen molar-refractivity contribution in [2.24, 2.45) is 0 Å². The van der Waals surface area contributed by atoms with E-state index in [9.17, 15) is 0 Å². The molecule has 0 amide bonds. The van der Waals surface area contributed by atoms with Crippen LogP contribution in [0.5, 0.6) is 5.75 Å². The minimum absolute atomic E-state index is 0.843. The van der Waals surface area contributed by atoms with E-state index in [4.69, 9.17) is 4.74 Å². The molecule has 60 valence electrons. The summed E-state index contributed by atoms with van der Waals surface area (Å²) in [5.74, 6) is 0.843. The third kappa shape index (κ3) is 1.09. The molecule has 0 saturated carbocycles. The fourth-order valence-corrected chi connectivity index (χ4v) is 1.09. The Morgan fingerprint density at radius 2 is 2.17 bits per heavy atom. The Balaban J connectivity index is 2.67. The predicted molar refractivity (Wildman–Crippen MR) is 46.1 cm³/mol. The third-order valence-electron chi connectivity index (χ3n) is 1.72. The molecular formula is C9H8N2O. The number of rotatable bonds is 1. The highest BCUT2D eigenvalue weighted by Crippen LogP contribution is 2.17. The molecule has 1 heterocycles. The first-order valence-corrected chi connectivity index (χ1v) is 3.65. The van der Waals surface area contributed by atoms with Crippen LogP contribution in [-0.2, 0) is 0 Å². The highest BCUT2D eigenvalue weighted by atomic mass is 16.5. The SMILES string of the molecule is COc1ccc2nnccc2c1. The summed E-state index contributed by atoms with van der Waals surface area (Å²) < 4.78 is 5.07.